The number of hydrogen-bond acceptors (Lipinski definition) is 5. The standard InChI is InChI=1S/C48H30N6O/c1-4-14-31(15-5-1)44-49-45(32-16-6-2-7-17-32)51-46(50-44)37-21-13-20-35(29-37)33-18-12-19-34(28-33)36-26-27-40-41(30-36)53(38-22-8-3-9-23-38)48-52-47-43(54(40)48)39-24-10-11-25-42(39)55-47/h1-30H. The van der Waals surface area contributed by atoms with E-state index in [1.165, 1.54) is 0 Å². The Labute approximate surface area is 315 Å². The van der Waals surface area contributed by atoms with Gasteiger partial charge in [-0.2, -0.15) is 4.98 Å². The average molecular weight is 707 g/mol. The molecular weight excluding hydrogens is 677 g/mol. The molecule has 0 saturated carbocycles. The second kappa shape index (κ2) is 12.5. The maximum Gasteiger partial charge on any atom is 0.248 e. The molecule has 0 fully saturated rings. The molecule has 0 saturated heterocycles. The third-order valence-electron chi connectivity index (χ3n) is 10.2. The predicted octanol–water partition coefficient (Wildman–Crippen LogP) is 11.7. The van der Waals surface area contributed by atoms with Crippen LogP contribution in [0, 0.1) is 0 Å². The summed E-state index contributed by atoms with van der Waals surface area (Å²) in [6, 6.07) is 62.4. The number of benzene rings is 7. The zero-order chi connectivity index (χ0) is 36.3. The summed E-state index contributed by atoms with van der Waals surface area (Å²) in [5.41, 5.74) is 12.8. The van der Waals surface area contributed by atoms with Gasteiger partial charge in [0, 0.05) is 27.8 Å². The van der Waals surface area contributed by atoms with Gasteiger partial charge in [-0.05, 0) is 70.8 Å². The Kier molecular flexibility index (Phi) is 7.03. The highest BCUT2D eigenvalue weighted by Gasteiger charge is 2.22. The monoisotopic (exact) mass is 706 g/mol. The zero-order valence-corrected chi connectivity index (χ0v) is 29.4. The highest BCUT2D eigenvalue weighted by molar-refractivity contribution is 6.06. The van der Waals surface area contributed by atoms with E-state index in [-0.39, 0.29) is 0 Å². The van der Waals surface area contributed by atoms with Crippen LogP contribution in [-0.4, -0.2) is 28.9 Å². The summed E-state index contributed by atoms with van der Waals surface area (Å²) in [5.74, 6) is 2.72. The summed E-state index contributed by atoms with van der Waals surface area (Å²) in [6.45, 7) is 0. The van der Waals surface area contributed by atoms with Crippen molar-refractivity contribution in [1.29, 1.82) is 0 Å². The molecule has 7 heteroatoms. The van der Waals surface area contributed by atoms with E-state index in [0.717, 1.165) is 77.9 Å². The summed E-state index contributed by atoms with van der Waals surface area (Å²) in [5, 5.41) is 1.04. The van der Waals surface area contributed by atoms with Gasteiger partial charge < -0.3 is 4.42 Å². The molecule has 258 valence electrons. The van der Waals surface area contributed by atoms with E-state index in [1.54, 1.807) is 0 Å². The third kappa shape index (κ3) is 5.21. The van der Waals surface area contributed by atoms with Crippen LogP contribution in [0.2, 0.25) is 0 Å². The Hall–Kier alpha value is -7.64. The maximum absolute atomic E-state index is 6.22. The molecule has 0 aliphatic carbocycles. The van der Waals surface area contributed by atoms with E-state index in [9.17, 15) is 0 Å². The summed E-state index contributed by atoms with van der Waals surface area (Å²) in [4.78, 5) is 19.9. The van der Waals surface area contributed by atoms with Crippen LogP contribution in [0.15, 0.2) is 186 Å². The highest BCUT2D eigenvalue weighted by Crippen LogP contribution is 2.37. The molecule has 7 nitrogen and oxygen atoms in total. The lowest BCUT2D eigenvalue weighted by Crippen LogP contribution is -2.00. The molecule has 0 radical (unpaired) electrons. The second-order valence-corrected chi connectivity index (χ2v) is 13.6. The first-order chi connectivity index (χ1) is 27.2. The number of rotatable bonds is 6. The number of furan rings is 1. The van der Waals surface area contributed by atoms with Gasteiger partial charge in [0.25, 0.3) is 0 Å². The van der Waals surface area contributed by atoms with Gasteiger partial charge in [-0.15, -0.1) is 0 Å². The van der Waals surface area contributed by atoms with Crippen molar-refractivity contribution in [3.63, 3.8) is 0 Å². The molecule has 11 rings (SSSR count). The van der Waals surface area contributed by atoms with Crippen LogP contribution in [0.1, 0.15) is 0 Å². The van der Waals surface area contributed by atoms with Crippen LogP contribution in [0.25, 0.3) is 101 Å². The van der Waals surface area contributed by atoms with Crippen molar-refractivity contribution in [3.05, 3.63) is 182 Å². The van der Waals surface area contributed by atoms with Crippen LogP contribution < -0.4 is 0 Å². The minimum atomic E-state index is 0.627. The molecule has 0 N–H and O–H groups in total. The van der Waals surface area contributed by atoms with Crippen molar-refractivity contribution in [3.8, 4) is 62.1 Å². The van der Waals surface area contributed by atoms with Gasteiger partial charge in [0.1, 0.15) is 11.1 Å². The van der Waals surface area contributed by atoms with Crippen molar-refractivity contribution in [1.82, 2.24) is 28.9 Å². The molecule has 0 bridgehead atoms. The first-order valence-corrected chi connectivity index (χ1v) is 18.2. The molecule has 0 amide bonds. The van der Waals surface area contributed by atoms with Gasteiger partial charge in [-0.1, -0.05) is 133 Å². The Morgan fingerprint density at radius 3 is 1.55 bits per heavy atom. The Balaban J connectivity index is 1.03. The fraction of sp³-hybridized carbons (Fsp3) is 0. The van der Waals surface area contributed by atoms with Crippen molar-refractivity contribution in [2.75, 3.05) is 0 Å². The molecule has 0 spiro atoms. The van der Waals surface area contributed by atoms with Crippen LogP contribution >= 0.6 is 0 Å². The first kappa shape index (κ1) is 30.9. The molecule has 4 heterocycles. The minimum absolute atomic E-state index is 0.627. The van der Waals surface area contributed by atoms with E-state index in [0.29, 0.717) is 23.2 Å². The van der Waals surface area contributed by atoms with Crippen molar-refractivity contribution >= 4 is 39.0 Å². The predicted molar refractivity (Wildman–Crippen MR) is 220 cm³/mol. The topological polar surface area (TPSA) is 74.0 Å². The summed E-state index contributed by atoms with van der Waals surface area (Å²) in [7, 11) is 0. The van der Waals surface area contributed by atoms with Gasteiger partial charge in [0.2, 0.25) is 11.5 Å². The van der Waals surface area contributed by atoms with Crippen molar-refractivity contribution in [2.24, 2.45) is 0 Å². The fourth-order valence-electron chi connectivity index (χ4n) is 7.59. The number of hydrogen-bond donors (Lipinski definition) is 0. The van der Waals surface area contributed by atoms with E-state index in [2.05, 4.69) is 106 Å². The third-order valence-corrected chi connectivity index (χ3v) is 10.2. The van der Waals surface area contributed by atoms with Crippen molar-refractivity contribution in [2.45, 2.75) is 0 Å². The van der Waals surface area contributed by atoms with Crippen LogP contribution in [-0.2, 0) is 0 Å². The van der Waals surface area contributed by atoms with Gasteiger partial charge >= 0.3 is 0 Å². The molecule has 0 unspecified atom stereocenters. The lowest BCUT2D eigenvalue weighted by molar-refractivity contribution is 0.656. The molecule has 4 aromatic heterocycles. The number of imidazole rings is 2. The molecular formula is C48H30N6O. The highest BCUT2D eigenvalue weighted by atomic mass is 16.3. The van der Waals surface area contributed by atoms with Gasteiger partial charge in [-0.25, -0.2) is 15.0 Å². The smallest absolute Gasteiger partial charge is 0.248 e. The lowest BCUT2D eigenvalue weighted by atomic mass is 9.97. The molecule has 0 atom stereocenters. The van der Waals surface area contributed by atoms with Crippen LogP contribution in [0.5, 0.6) is 0 Å². The van der Waals surface area contributed by atoms with E-state index in [4.69, 9.17) is 24.4 Å². The molecule has 7 aromatic carbocycles. The fourth-order valence-corrected chi connectivity index (χ4v) is 7.59. The zero-order valence-electron chi connectivity index (χ0n) is 29.4. The molecule has 0 aliphatic heterocycles. The summed E-state index contributed by atoms with van der Waals surface area (Å²) in [6.07, 6.45) is 0. The molecule has 0 aliphatic rings. The largest absolute Gasteiger partial charge is 0.436 e. The quantitative estimate of drug-likeness (QED) is 0.172. The average Bonchev–Trinajstić information content (AvgIpc) is 3.91. The second-order valence-electron chi connectivity index (χ2n) is 13.6. The normalized spacial score (nSPS) is 11.6. The first-order valence-electron chi connectivity index (χ1n) is 18.2. The molecule has 11 aromatic rings. The number of nitrogens with zero attached hydrogens (tertiary/aromatic N) is 6. The number of para-hydroxylation sites is 2. The van der Waals surface area contributed by atoms with Gasteiger partial charge in [0.05, 0.1) is 11.0 Å². The van der Waals surface area contributed by atoms with Crippen LogP contribution in [0.4, 0.5) is 0 Å². The van der Waals surface area contributed by atoms with E-state index >= 15 is 0 Å². The maximum atomic E-state index is 6.22. The van der Waals surface area contributed by atoms with Gasteiger partial charge in [0.15, 0.2) is 17.5 Å². The molecule has 55 heavy (non-hydrogen) atoms. The summed E-state index contributed by atoms with van der Waals surface area (Å²) >= 11 is 0. The van der Waals surface area contributed by atoms with E-state index < -0.39 is 0 Å². The Bertz CT molecular complexity index is 3140. The van der Waals surface area contributed by atoms with Crippen molar-refractivity contribution < 1.29 is 4.42 Å². The number of fused-ring (bicyclic) bond motifs is 7. The summed E-state index contributed by atoms with van der Waals surface area (Å²) < 4.78 is 10.7. The Morgan fingerprint density at radius 1 is 0.382 bits per heavy atom. The Morgan fingerprint density at radius 2 is 0.891 bits per heavy atom. The number of aromatic nitrogens is 6. The van der Waals surface area contributed by atoms with E-state index in [1.807, 2.05) is 84.9 Å². The van der Waals surface area contributed by atoms with Crippen LogP contribution in [0.3, 0.4) is 0 Å². The minimum Gasteiger partial charge on any atom is -0.436 e. The lowest BCUT2D eigenvalue weighted by Gasteiger charge is -2.11. The SMILES string of the molecule is c1ccc(-c2nc(-c3ccccc3)nc(-c3cccc(-c4cccc(-c5ccc6c(c5)n(-c5ccccc5)c5nc7oc8ccccc8c7n65)c4)c3)n2)cc1. The van der Waals surface area contributed by atoms with Gasteiger partial charge in [-0.3, -0.25) is 8.97 Å².